The first kappa shape index (κ1) is 11.5. The second-order valence-corrected chi connectivity index (χ2v) is 6.21. The molecule has 5 nitrogen and oxygen atoms in total. The van der Waals surface area contributed by atoms with Crippen LogP contribution >= 0.6 is 11.6 Å². The van der Waals surface area contributed by atoms with Crippen LogP contribution in [0.15, 0.2) is 12.4 Å². The van der Waals surface area contributed by atoms with Gasteiger partial charge in [0.2, 0.25) is 0 Å². The molecule has 2 atom stereocenters. The monoisotopic (exact) mass is 277 g/mol. The van der Waals surface area contributed by atoms with Gasteiger partial charge in [0.15, 0.2) is 0 Å². The molecule has 2 aromatic heterocycles. The fourth-order valence-corrected chi connectivity index (χ4v) is 3.99. The summed E-state index contributed by atoms with van der Waals surface area (Å²) < 4.78 is 1.85. The number of halogens is 1. The molecule has 2 bridgehead atoms. The first-order valence-corrected chi connectivity index (χ1v) is 7.26. The van der Waals surface area contributed by atoms with Gasteiger partial charge < -0.3 is 4.90 Å². The Hall–Kier alpha value is -1.36. The second kappa shape index (κ2) is 4.07. The van der Waals surface area contributed by atoms with Gasteiger partial charge in [-0.2, -0.15) is 14.6 Å². The zero-order valence-electron chi connectivity index (χ0n) is 10.8. The van der Waals surface area contributed by atoms with E-state index in [-0.39, 0.29) is 0 Å². The average molecular weight is 278 g/mol. The lowest BCUT2D eigenvalue weighted by atomic mass is 10.0. The van der Waals surface area contributed by atoms with Gasteiger partial charge in [-0.25, -0.2) is 4.98 Å². The summed E-state index contributed by atoms with van der Waals surface area (Å²) in [6, 6.07) is 3.19. The van der Waals surface area contributed by atoms with Crippen molar-refractivity contribution < 1.29 is 0 Å². The van der Waals surface area contributed by atoms with Crippen molar-refractivity contribution in [3.05, 3.63) is 18.1 Å². The van der Waals surface area contributed by atoms with Crippen LogP contribution in [-0.4, -0.2) is 37.0 Å². The molecule has 2 unspecified atom stereocenters. The quantitative estimate of drug-likeness (QED) is 0.750. The Kier molecular flexibility index (Phi) is 2.45. The number of hydrogen-bond donors (Lipinski definition) is 0. The average Bonchev–Trinajstić information content (AvgIpc) is 2.92. The summed E-state index contributed by atoms with van der Waals surface area (Å²) in [6.45, 7) is 2.01. The molecule has 0 aliphatic carbocycles. The third-order valence-corrected chi connectivity index (χ3v) is 4.66. The van der Waals surface area contributed by atoms with Gasteiger partial charge >= 0.3 is 0 Å². The van der Waals surface area contributed by atoms with Crippen molar-refractivity contribution >= 4 is 23.2 Å². The molecule has 0 amide bonds. The van der Waals surface area contributed by atoms with E-state index in [4.69, 9.17) is 11.6 Å². The smallest absolute Gasteiger partial charge is 0.254 e. The van der Waals surface area contributed by atoms with Gasteiger partial charge in [-0.1, -0.05) is 0 Å². The third-order valence-electron chi connectivity index (χ3n) is 4.30. The number of fused-ring (bicyclic) bond motifs is 3. The van der Waals surface area contributed by atoms with Gasteiger partial charge in [-0.05, 0) is 32.6 Å². The summed E-state index contributed by atoms with van der Waals surface area (Å²) in [5, 5.41) is 4.64. The number of rotatable bonds is 1. The topological polar surface area (TPSA) is 46.3 Å². The normalized spacial score (nSPS) is 30.2. The number of aromatic nitrogens is 4. The van der Waals surface area contributed by atoms with Crippen LogP contribution in [-0.2, 0) is 0 Å². The van der Waals surface area contributed by atoms with E-state index in [1.54, 1.807) is 6.33 Å². The molecular formula is C13H16ClN5. The summed E-state index contributed by atoms with van der Waals surface area (Å²) in [5.41, 5.74) is 0.989. The summed E-state index contributed by atoms with van der Waals surface area (Å²) >= 11 is 6.35. The van der Waals surface area contributed by atoms with Crippen molar-refractivity contribution in [3.63, 3.8) is 0 Å². The Morgan fingerprint density at radius 1 is 1.26 bits per heavy atom. The van der Waals surface area contributed by atoms with E-state index in [1.807, 2.05) is 11.4 Å². The lowest BCUT2D eigenvalue weighted by molar-refractivity contribution is 0.467. The van der Waals surface area contributed by atoms with Gasteiger partial charge in [-0.15, -0.1) is 11.6 Å². The van der Waals surface area contributed by atoms with Crippen LogP contribution in [0.5, 0.6) is 0 Å². The fourth-order valence-electron chi connectivity index (χ4n) is 3.58. The van der Waals surface area contributed by atoms with Crippen LogP contribution < -0.4 is 4.90 Å². The van der Waals surface area contributed by atoms with E-state index in [0.717, 1.165) is 24.4 Å². The predicted octanol–water partition coefficient (Wildman–Crippen LogP) is 2.17. The molecule has 0 spiro atoms. The SMILES string of the molecule is Cc1cc(N2C3CCC2CC(Cl)C3)n2ncnc2n1. The molecule has 19 heavy (non-hydrogen) atoms. The lowest BCUT2D eigenvalue weighted by Crippen LogP contribution is -2.44. The minimum absolute atomic E-state index is 0.322. The van der Waals surface area contributed by atoms with Crippen LogP contribution in [0.2, 0.25) is 0 Å². The maximum Gasteiger partial charge on any atom is 0.254 e. The fraction of sp³-hybridized carbons (Fsp3) is 0.615. The standard InChI is InChI=1S/C13H16ClN5/c1-8-4-12(19-13(17-8)15-7-16-19)18-10-2-3-11(18)6-9(14)5-10/h4,7,9-11H,2-3,5-6H2,1H3. The first-order chi connectivity index (χ1) is 9.22. The van der Waals surface area contributed by atoms with Crippen LogP contribution in [0.25, 0.3) is 5.78 Å². The minimum Gasteiger partial charge on any atom is -0.350 e. The van der Waals surface area contributed by atoms with Gasteiger partial charge in [0.05, 0.1) is 0 Å². The Morgan fingerprint density at radius 3 is 2.74 bits per heavy atom. The summed E-state index contributed by atoms with van der Waals surface area (Å²) in [5.74, 6) is 1.80. The van der Waals surface area contributed by atoms with Crippen molar-refractivity contribution in [3.8, 4) is 0 Å². The highest BCUT2D eigenvalue weighted by atomic mass is 35.5. The lowest BCUT2D eigenvalue weighted by Gasteiger charge is -2.38. The van der Waals surface area contributed by atoms with Crippen LogP contribution in [0.1, 0.15) is 31.4 Å². The minimum atomic E-state index is 0.322. The Labute approximate surface area is 116 Å². The van der Waals surface area contributed by atoms with Crippen molar-refractivity contribution in [1.82, 2.24) is 19.6 Å². The van der Waals surface area contributed by atoms with Gasteiger partial charge in [0.25, 0.3) is 5.78 Å². The highest BCUT2D eigenvalue weighted by Crippen LogP contribution is 2.40. The Balaban J connectivity index is 1.84. The summed E-state index contributed by atoms with van der Waals surface area (Å²) in [4.78, 5) is 11.1. The summed E-state index contributed by atoms with van der Waals surface area (Å²) in [6.07, 6.45) is 6.16. The van der Waals surface area contributed by atoms with E-state index in [9.17, 15) is 0 Å². The number of piperidine rings is 1. The highest BCUT2D eigenvalue weighted by Gasteiger charge is 2.41. The number of hydrogen-bond acceptors (Lipinski definition) is 4. The molecule has 0 saturated carbocycles. The zero-order chi connectivity index (χ0) is 13.0. The van der Waals surface area contributed by atoms with Gasteiger partial charge in [0, 0.05) is 29.2 Å². The second-order valence-electron chi connectivity index (χ2n) is 5.59. The molecule has 4 rings (SSSR count). The maximum absolute atomic E-state index is 6.35. The van der Waals surface area contributed by atoms with Crippen LogP contribution in [0.4, 0.5) is 5.82 Å². The maximum atomic E-state index is 6.35. The van der Waals surface area contributed by atoms with Gasteiger partial charge in [0.1, 0.15) is 12.1 Å². The zero-order valence-corrected chi connectivity index (χ0v) is 11.6. The van der Waals surface area contributed by atoms with E-state index in [1.165, 1.54) is 12.8 Å². The Bertz CT molecular complexity index is 611. The molecule has 4 heterocycles. The molecule has 0 aromatic carbocycles. The van der Waals surface area contributed by atoms with Crippen molar-refractivity contribution in [2.45, 2.75) is 50.1 Å². The Morgan fingerprint density at radius 2 is 2.00 bits per heavy atom. The number of nitrogens with zero attached hydrogens (tertiary/aromatic N) is 5. The van der Waals surface area contributed by atoms with E-state index >= 15 is 0 Å². The number of anilines is 1. The third kappa shape index (κ3) is 1.71. The van der Waals surface area contributed by atoms with E-state index in [0.29, 0.717) is 23.2 Å². The molecule has 100 valence electrons. The van der Waals surface area contributed by atoms with Crippen molar-refractivity contribution in [1.29, 1.82) is 0 Å². The number of alkyl halides is 1. The van der Waals surface area contributed by atoms with Crippen LogP contribution in [0, 0.1) is 6.92 Å². The van der Waals surface area contributed by atoms with Crippen molar-refractivity contribution in [2.24, 2.45) is 0 Å². The van der Waals surface area contributed by atoms with Crippen LogP contribution in [0.3, 0.4) is 0 Å². The molecule has 2 fully saturated rings. The summed E-state index contributed by atoms with van der Waals surface area (Å²) in [7, 11) is 0. The first-order valence-electron chi connectivity index (χ1n) is 6.82. The molecule has 0 N–H and O–H groups in total. The molecule has 2 saturated heterocycles. The van der Waals surface area contributed by atoms with Gasteiger partial charge in [-0.3, -0.25) is 0 Å². The molecule has 2 aliphatic rings. The molecule has 2 aromatic rings. The molecule has 2 aliphatic heterocycles. The highest BCUT2D eigenvalue weighted by molar-refractivity contribution is 6.20. The molecule has 0 radical (unpaired) electrons. The van der Waals surface area contributed by atoms with E-state index in [2.05, 4.69) is 26.0 Å². The molecular weight excluding hydrogens is 262 g/mol. The van der Waals surface area contributed by atoms with Crippen molar-refractivity contribution in [2.75, 3.05) is 4.90 Å². The predicted molar refractivity (Wildman–Crippen MR) is 73.7 cm³/mol. The van der Waals surface area contributed by atoms with E-state index < -0.39 is 0 Å². The number of aryl methyl sites for hydroxylation is 1. The largest absolute Gasteiger partial charge is 0.350 e. The molecule has 6 heteroatoms.